The van der Waals surface area contributed by atoms with E-state index in [4.69, 9.17) is 24.5 Å². The molecule has 1 saturated heterocycles. The van der Waals surface area contributed by atoms with Crippen molar-refractivity contribution in [3.05, 3.63) is 94.7 Å². The quantitative estimate of drug-likeness (QED) is 0.231. The lowest BCUT2D eigenvalue weighted by molar-refractivity contribution is -0.0590. The Balaban J connectivity index is 1.09. The summed E-state index contributed by atoms with van der Waals surface area (Å²) in [6.07, 6.45) is 5.93. The monoisotopic (exact) mass is 575 g/mol. The number of pyridine rings is 2. The zero-order chi connectivity index (χ0) is 29.5. The van der Waals surface area contributed by atoms with E-state index >= 15 is 0 Å². The van der Waals surface area contributed by atoms with Crippen molar-refractivity contribution in [2.45, 2.75) is 50.9 Å². The first-order valence-electron chi connectivity index (χ1n) is 14.2. The lowest BCUT2D eigenvalue weighted by atomic mass is 10.1. The van der Waals surface area contributed by atoms with Crippen LogP contribution < -0.4 is 4.74 Å². The molecule has 5 heterocycles. The Hall–Kier alpha value is -5.08. The molecule has 2 fully saturated rings. The number of imidazole rings is 1. The molecule has 11 nitrogen and oxygen atoms in total. The fraction of sp³-hybridized carbons (Fsp3) is 0.312. The summed E-state index contributed by atoms with van der Waals surface area (Å²) >= 11 is 0. The predicted octanol–water partition coefficient (Wildman–Crippen LogP) is 4.62. The summed E-state index contributed by atoms with van der Waals surface area (Å²) in [5.41, 5.74) is 5.41. The molecule has 0 bridgehead atoms. The largest absolute Gasteiger partial charge is 0.473 e. The zero-order valence-electron chi connectivity index (χ0n) is 23.8. The Bertz CT molecular complexity index is 1880. The van der Waals surface area contributed by atoms with Gasteiger partial charge in [0.2, 0.25) is 5.88 Å². The highest BCUT2D eigenvalue weighted by Gasteiger charge is 2.44. The first-order valence-corrected chi connectivity index (χ1v) is 14.2. The molecule has 216 valence electrons. The average Bonchev–Trinajstić information content (AvgIpc) is 3.49. The fourth-order valence-corrected chi connectivity index (χ4v) is 5.53. The third-order valence-electron chi connectivity index (χ3n) is 8.14. The number of nitriles is 1. The number of aromatic nitrogens is 6. The highest BCUT2D eigenvalue weighted by Crippen LogP contribution is 2.54. The van der Waals surface area contributed by atoms with Crippen LogP contribution in [0.2, 0.25) is 0 Å². The van der Waals surface area contributed by atoms with Crippen molar-refractivity contribution >= 4 is 17.1 Å². The SMILES string of the molecule is COC(=O)c1ccc2nc(C3CC3c3cnn(-c4cccc(OCc5ccc(C#N)cc5C)n4)c3)n(C[C@@H]3CCO3)c2n1. The van der Waals surface area contributed by atoms with Gasteiger partial charge in [-0.15, -0.1) is 0 Å². The number of hydrogen-bond donors (Lipinski definition) is 0. The Morgan fingerprint density at radius 2 is 2.02 bits per heavy atom. The molecule has 11 heteroatoms. The molecule has 43 heavy (non-hydrogen) atoms. The molecule has 0 radical (unpaired) electrons. The Morgan fingerprint density at radius 3 is 2.79 bits per heavy atom. The second-order valence-electron chi connectivity index (χ2n) is 10.9. The van der Waals surface area contributed by atoms with E-state index in [1.54, 1.807) is 16.8 Å². The van der Waals surface area contributed by atoms with Gasteiger partial charge in [0.25, 0.3) is 0 Å². The number of carbonyl (C=O) groups is 1. The summed E-state index contributed by atoms with van der Waals surface area (Å²) in [4.78, 5) is 26.4. The lowest BCUT2D eigenvalue weighted by Crippen LogP contribution is -2.31. The number of benzene rings is 1. The molecule has 2 unspecified atom stereocenters. The van der Waals surface area contributed by atoms with Gasteiger partial charge in [0.1, 0.15) is 17.9 Å². The predicted molar refractivity (Wildman–Crippen MR) is 155 cm³/mol. The number of methoxy groups -OCH3 is 1. The van der Waals surface area contributed by atoms with Crippen molar-refractivity contribution in [1.82, 2.24) is 29.3 Å². The van der Waals surface area contributed by atoms with Gasteiger partial charge >= 0.3 is 5.97 Å². The van der Waals surface area contributed by atoms with Gasteiger partial charge in [0.05, 0.1) is 37.6 Å². The maximum Gasteiger partial charge on any atom is 0.356 e. The van der Waals surface area contributed by atoms with Gasteiger partial charge < -0.3 is 18.8 Å². The summed E-state index contributed by atoms with van der Waals surface area (Å²) in [6, 6.07) is 16.8. The Morgan fingerprint density at radius 1 is 1.14 bits per heavy atom. The third kappa shape index (κ3) is 5.21. The van der Waals surface area contributed by atoms with Crippen LogP contribution in [0, 0.1) is 18.3 Å². The van der Waals surface area contributed by atoms with Gasteiger partial charge in [-0.05, 0) is 72.7 Å². The normalized spacial score (nSPS) is 19.0. The molecule has 7 rings (SSSR count). The number of esters is 1. The van der Waals surface area contributed by atoms with Gasteiger partial charge in [-0.1, -0.05) is 12.1 Å². The lowest BCUT2D eigenvalue weighted by Gasteiger charge is -2.27. The van der Waals surface area contributed by atoms with Crippen LogP contribution in [0.1, 0.15) is 63.2 Å². The topological polar surface area (TPSA) is 130 Å². The first-order chi connectivity index (χ1) is 21.0. The number of rotatable bonds is 9. The summed E-state index contributed by atoms with van der Waals surface area (Å²) in [6.45, 7) is 3.72. The van der Waals surface area contributed by atoms with E-state index in [-0.39, 0.29) is 23.6 Å². The number of carbonyl (C=O) groups excluding carboxylic acids is 1. The molecule has 3 atom stereocenters. The highest BCUT2D eigenvalue weighted by molar-refractivity contribution is 5.89. The van der Waals surface area contributed by atoms with E-state index in [0.29, 0.717) is 36.1 Å². The van der Waals surface area contributed by atoms with Gasteiger partial charge in [-0.25, -0.2) is 19.4 Å². The molecular weight excluding hydrogens is 546 g/mol. The second-order valence-corrected chi connectivity index (χ2v) is 10.9. The molecule has 1 saturated carbocycles. The minimum absolute atomic E-state index is 0.112. The summed E-state index contributed by atoms with van der Waals surface area (Å²) in [5, 5.41) is 13.7. The number of nitrogens with zero attached hydrogens (tertiary/aromatic N) is 7. The van der Waals surface area contributed by atoms with Crippen LogP contribution in [0.3, 0.4) is 0 Å². The number of fused-ring (bicyclic) bond motifs is 1. The van der Waals surface area contributed by atoms with Gasteiger partial charge in [0.15, 0.2) is 17.2 Å². The van der Waals surface area contributed by atoms with Crippen LogP contribution in [0.15, 0.2) is 60.9 Å². The standard InChI is InChI=1S/C32H29N7O4/c1-19-12-20(14-33)6-7-21(19)18-43-29-5-3-4-28(37-29)39-16-22(15-34-39)24-13-25(24)30-35-26-8-9-27(32(40)41-2)36-31(26)38(30)17-23-10-11-42-23/h3-9,12,15-16,23-25H,10-11,13,17-18H2,1-2H3/t23-,24?,25?/m0/s1. The summed E-state index contributed by atoms with van der Waals surface area (Å²) < 4.78 is 20.5. The molecule has 2 aliphatic rings. The van der Waals surface area contributed by atoms with Crippen molar-refractivity contribution in [3.63, 3.8) is 0 Å². The van der Waals surface area contributed by atoms with Crippen molar-refractivity contribution in [2.24, 2.45) is 0 Å². The Labute approximate surface area is 247 Å². The van der Waals surface area contributed by atoms with Crippen LogP contribution >= 0.6 is 0 Å². The maximum absolute atomic E-state index is 12.2. The molecule has 1 aliphatic carbocycles. The molecule has 0 amide bonds. The molecule has 1 aromatic carbocycles. The minimum Gasteiger partial charge on any atom is -0.473 e. The van der Waals surface area contributed by atoms with E-state index in [9.17, 15) is 4.79 Å². The van der Waals surface area contributed by atoms with Crippen LogP contribution in [0.4, 0.5) is 0 Å². The fourth-order valence-electron chi connectivity index (χ4n) is 5.53. The van der Waals surface area contributed by atoms with Crippen molar-refractivity contribution in [2.75, 3.05) is 13.7 Å². The Kier molecular flexibility index (Phi) is 6.83. The highest BCUT2D eigenvalue weighted by atomic mass is 16.5. The van der Waals surface area contributed by atoms with E-state index in [1.165, 1.54) is 7.11 Å². The van der Waals surface area contributed by atoms with Gasteiger partial charge in [-0.3, -0.25) is 0 Å². The van der Waals surface area contributed by atoms with E-state index in [0.717, 1.165) is 47.5 Å². The molecular formula is C32H29N7O4. The van der Waals surface area contributed by atoms with E-state index < -0.39 is 5.97 Å². The van der Waals surface area contributed by atoms with Crippen molar-refractivity contribution in [1.29, 1.82) is 5.26 Å². The maximum atomic E-state index is 12.2. The molecule has 4 aromatic heterocycles. The number of aryl methyl sites for hydroxylation is 1. The summed E-state index contributed by atoms with van der Waals surface area (Å²) in [7, 11) is 1.35. The average molecular weight is 576 g/mol. The number of ether oxygens (including phenoxy) is 3. The summed E-state index contributed by atoms with van der Waals surface area (Å²) in [5.74, 6) is 2.08. The third-order valence-corrected chi connectivity index (χ3v) is 8.14. The zero-order valence-corrected chi connectivity index (χ0v) is 23.8. The van der Waals surface area contributed by atoms with Crippen LogP contribution in [0.25, 0.3) is 17.0 Å². The smallest absolute Gasteiger partial charge is 0.356 e. The first kappa shape index (κ1) is 26.8. The molecule has 0 N–H and O–H groups in total. The van der Waals surface area contributed by atoms with E-state index in [1.807, 2.05) is 55.7 Å². The van der Waals surface area contributed by atoms with Crippen molar-refractivity contribution < 1.29 is 19.0 Å². The van der Waals surface area contributed by atoms with Gasteiger partial charge in [0, 0.05) is 24.8 Å². The molecule has 1 aliphatic heterocycles. The minimum atomic E-state index is -0.472. The molecule has 0 spiro atoms. The number of hydrogen-bond acceptors (Lipinski definition) is 9. The molecule has 5 aromatic rings. The van der Waals surface area contributed by atoms with Gasteiger partial charge in [-0.2, -0.15) is 15.3 Å². The van der Waals surface area contributed by atoms with Crippen LogP contribution in [-0.2, 0) is 22.6 Å². The van der Waals surface area contributed by atoms with Crippen molar-refractivity contribution in [3.8, 4) is 17.8 Å². The van der Waals surface area contributed by atoms with Crippen LogP contribution in [0.5, 0.6) is 5.88 Å². The van der Waals surface area contributed by atoms with Crippen LogP contribution in [-0.4, -0.2) is 55.1 Å². The van der Waals surface area contributed by atoms with E-state index in [2.05, 4.69) is 25.7 Å². The second kappa shape index (κ2) is 11.0.